The largest absolute Gasteiger partial charge is 0.378 e. The molecule has 0 amide bonds. The van der Waals surface area contributed by atoms with Crippen LogP contribution in [0.4, 0.5) is 11.4 Å². The number of nitro groups is 1. The second kappa shape index (κ2) is 4.49. The van der Waals surface area contributed by atoms with Crippen molar-refractivity contribution in [3.8, 4) is 0 Å². The van der Waals surface area contributed by atoms with Gasteiger partial charge in [-0.25, -0.2) is 0 Å². The summed E-state index contributed by atoms with van der Waals surface area (Å²) in [5, 5.41) is 13.8. The van der Waals surface area contributed by atoms with Gasteiger partial charge in [0.15, 0.2) is 0 Å². The first kappa shape index (κ1) is 12.4. The lowest BCUT2D eigenvalue weighted by Gasteiger charge is -2.19. The zero-order valence-corrected chi connectivity index (χ0v) is 9.78. The minimum Gasteiger partial charge on any atom is -0.378 e. The number of nitro benzene ring substituents is 1. The molecular weight excluding hydrogens is 206 g/mol. The van der Waals surface area contributed by atoms with Crippen LogP contribution >= 0.6 is 0 Å². The summed E-state index contributed by atoms with van der Waals surface area (Å²) >= 11 is 0. The summed E-state index contributed by atoms with van der Waals surface area (Å²) in [5.74, 6) is 0. The van der Waals surface area contributed by atoms with Crippen molar-refractivity contribution in [1.82, 2.24) is 0 Å². The van der Waals surface area contributed by atoms with E-state index in [1.165, 1.54) is 6.07 Å². The van der Waals surface area contributed by atoms with Gasteiger partial charge < -0.3 is 11.1 Å². The molecule has 1 aromatic rings. The summed E-state index contributed by atoms with van der Waals surface area (Å²) < 4.78 is 0. The standard InChI is InChI=1S/C11H17N3O2/c1-8-4-5-10(14(15)16)9(6-8)13-7-11(2,3)12/h4-6,13H,7,12H2,1-3H3. The normalized spacial score (nSPS) is 11.2. The first-order valence-electron chi connectivity index (χ1n) is 5.07. The van der Waals surface area contributed by atoms with Gasteiger partial charge in [0.1, 0.15) is 5.69 Å². The molecule has 0 aliphatic carbocycles. The molecule has 88 valence electrons. The van der Waals surface area contributed by atoms with Crippen LogP contribution in [0.5, 0.6) is 0 Å². The Hall–Kier alpha value is -1.62. The monoisotopic (exact) mass is 223 g/mol. The zero-order chi connectivity index (χ0) is 12.3. The number of nitrogens with one attached hydrogen (secondary N) is 1. The Morgan fingerprint density at radius 1 is 1.50 bits per heavy atom. The summed E-state index contributed by atoms with van der Waals surface area (Å²) in [6, 6.07) is 4.97. The quantitative estimate of drug-likeness (QED) is 0.604. The van der Waals surface area contributed by atoms with E-state index in [2.05, 4.69) is 5.32 Å². The predicted octanol–water partition coefficient (Wildman–Crippen LogP) is 2.05. The minimum absolute atomic E-state index is 0.0786. The molecule has 1 aromatic carbocycles. The fraction of sp³-hybridized carbons (Fsp3) is 0.455. The second-order valence-corrected chi connectivity index (χ2v) is 4.62. The number of anilines is 1. The number of nitrogens with two attached hydrogens (primary N) is 1. The molecule has 0 spiro atoms. The summed E-state index contributed by atoms with van der Waals surface area (Å²) in [5.41, 5.74) is 6.98. The van der Waals surface area contributed by atoms with Crippen molar-refractivity contribution in [1.29, 1.82) is 0 Å². The van der Waals surface area contributed by atoms with Crippen molar-refractivity contribution in [2.24, 2.45) is 5.73 Å². The molecule has 0 aliphatic rings. The van der Waals surface area contributed by atoms with Gasteiger partial charge in [0.25, 0.3) is 5.69 Å². The highest BCUT2D eigenvalue weighted by Gasteiger charge is 2.16. The molecule has 5 heteroatoms. The van der Waals surface area contributed by atoms with E-state index in [0.717, 1.165) is 5.56 Å². The maximum atomic E-state index is 10.8. The van der Waals surface area contributed by atoms with Crippen molar-refractivity contribution < 1.29 is 4.92 Å². The zero-order valence-electron chi connectivity index (χ0n) is 9.78. The highest BCUT2D eigenvalue weighted by Crippen LogP contribution is 2.25. The Balaban J connectivity index is 2.93. The molecule has 0 atom stereocenters. The van der Waals surface area contributed by atoms with E-state index < -0.39 is 10.5 Å². The van der Waals surface area contributed by atoms with E-state index in [4.69, 9.17) is 5.73 Å². The predicted molar refractivity (Wildman–Crippen MR) is 64.6 cm³/mol. The van der Waals surface area contributed by atoms with E-state index in [0.29, 0.717) is 12.2 Å². The molecule has 0 aliphatic heterocycles. The number of rotatable bonds is 4. The molecule has 1 rings (SSSR count). The third-order valence-corrected chi connectivity index (χ3v) is 2.08. The lowest BCUT2D eigenvalue weighted by molar-refractivity contribution is -0.384. The summed E-state index contributed by atoms with van der Waals surface area (Å²) in [4.78, 5) is 10.4. The van der Waals surface area contributed by atoms with Gasteiger partial charge >= 0.3 is 0 Å². The van der Waals surface area contributed by atoms with Crippen LogP contribution in [-0.4, -0.2) is 17.0 Å². The van der Waals surface area contributed by atoms with Gasteiger partial charge in [0.05, 0.1) is 4.92 Å². The molecule has 0 unspecified atom stereocenters. The smallest absolute Gasteiger partial charge is 0.292 e. The average molecular weight is 223 g/mol. The topological polar surface area (TPSA) is 81.2 Å². The van der Waals surface area contributed by atoms with Crippen LogP contribution in [0.1, 0.15) is 19.4 Å². The summed E-state index contributed by atoms with van der Waals surface area (Å²) in [6.07, 6.45) is 0. The molecule has 0 fully saturated rings. The van der Waals surface area contributed by atoms with E-state index >= 15 is 0 Å². The number of aryl methyl sites for hydroxylation is 1. The SMILES string of the molecule is Cc1ccc([N+](=O)[O-])c(NCC(C)(C)N)c1. The molecular formula is C11H17N3O2. The van der Waals surface area contributed by atoms with E-state index in [1.807, 2.05) is 20.8 Å². The average Bonchev–Trinajstić information content (AvgIpc) is 2.13. The van der Waals surface area contributed by atoms with Gasteiger partial charge in [-0.2, -0.15) is 0 Å². The van der Waals surface area contributed by atoms with Crippen LogP contribution in [0.25, 0.3) is 0 Å². The van der Waals surface area contributed by atoms with E-state index in [9.17, 15) is 10.1 Å². The molecule has 5 nitrogen and oxygen atoms in total. The summed E-state index contributed by atoms with van der Waals surface area (Å²) in [7, 11) is 0. The third kappa shape index (κ3) is 3.51. The Morgan fingerprint density at radius 2 is 2.12 bits per heavy atom. The third-order valence-electron chi connectivity index (χ3n) is 2.08. The van der Waals surface area contributed by atoms with Gasteiger partial charge in [0, 0.05) is 18.2 Å². The number of hydrogen-bond donors (Lipinski definition) is 2. The number of nitrogens with zero attached hydrogens (tertiary/aromatic N) is 1. The Bertz CT molecular complexity index is 397. The molecule has 0 saturated carbocycles. The minimum atomic E-state index is -0.405. The number of benzene rings is 1. The first-order valence-corrected chi connectivity index (χ1v) is 5.07. The lowest BCUT2D eigenvalue weighted by atomic mass is 10.1. The van der Waals surface area contributed by atoms with Gasteiger partial charge in [-0.1, -0.05) is 6.07 Å². The first-order chi connectivity index (χ1) is 7.29. The maximum absolute atomic E-state index is 10.8. The van der Waals surface area contributed by atoms with Crippen molar-refractivity contribution in [2.75, 3.05) is 11.9 Å². The fourth-order valence-corrected chi connectivity index (χ4v) is 1.27. The molecule has 3 N–H and O–H groups in total. The molecule has 0 saturated heterocycles. The van der Waals surface area contributed by atoms with Crippen LogP contribution in [-0.2, 0) is 0 Å². The second-order valence-electron chi connectivity index (χ2n) is 4.62. The number of hydrogen-bond acceptors (Lipinski definition) is 4. The van der Waals surface area contributed by atoms with E-state index in [1.54, 1.807) is 12.1 Å². The van der Waals surface area contributed by atoms with E-state index in [-0.39, 0.29) is 5.69 Å². The maximum Gasteiger partial charge on any atom is 0.292 e. The van der Waals surface area contributed by atoms with Gasteiger partial charge in [-0.15, -0.1) is 0 Å². The Labute approximate surface area is 94.8 Å². The fourth-order valence-electron chi connectivity index (χ4n) is 1.27. The van der Waals surface area contributed by atoms with Gasteiger partial charge in [0.2, 0.25) is 0 Å². The highest BCUT2D eigenvalue weighted by atomic mass is 16.6. The van der Waals surface area contributed by atoms with Gasteiger partial charge in [-0.05, 0) is 32.4 Å². The molecule has 16 heavy (non-hydrogen) atoms. The summed E-state index contributed by atoms with van der Waals surface area (Å²) in [6.45, 7) is 6.10. The van der Waals surface area contributed by atoms with Crippen LogP contribution in [0.15, 0.2) is 18.2 Å². The van der Waals surface area contributed by atoms with Crippen molar-refractivity contribution in [3.63, 3.8) is 0 Å². The molecule has 0 bridgehead atoms. The Kier molecular flexibility index (Phi) is 3.49. The van der Waals surface area contributed by atoms with Crippen molar-refractivity contribution >= 4 is 11.4 Å². The Morgan fingerprint density at radius 3 is 2.62 bits per heavy atom. The molecule has 0 radical (unpaired) electrons. The van der Waals surface area contributed by atoms with Crippen molar-refractivity contribution in [3.05, 3.63) is 33.9 Å². The van der Waals surface area contributed by atoms with Crippen LogP contribution in [0.2, 0.25) is 0 Å². The van der Waals surface area contributed by atoms with Gasteiger partial charge in [-0.3, -0.25) is 10.1 Å². The highest BCUT2D eigenvalue weighted by molar-refractivity contribution is 5.62. The van der Waals surface area contributed by atoms with Crippen LogP contribution < -0.4 is 11.1 Å². The van der Waals surface area contributed by atoms with Crippen LogP contribution in [0.3, 0.4) is 0 Å². The molecule has 0 aromatic heterocycles. The lowest BCUT2D eigenvalue weighted by Crippen LogP contribution is -2.39. The van der Waals surface area contributed by atoms with Crippen LogP contribution in [0, 0.1) is 17.0 Å². The van der Waals surface area contributed by atoms with Crippen molar-refractivity contribution in [2.45, 2.75) is 26.3 Å². The molecule has 0 heterocycles.